The Morgan fingerprint density at radius 1 is 1.33 bits per heavy atom. The maximum Gasteiger partial charge on any atom is 0.264 e. The van der Waals surface area contributed by atoms with Crippen molar-refractivity contribution in [2.75, 3.05) is 0 Å². The summed E-state index contributed by atoms with van der Waals surface area (Å²) in [5.41, 5.74) is 4.50. The zero-order valence-electron chi connectivity index (χ0n) is 10.6. The van der Waals surface area contributed by atoms with Gasteiger partial charge in [-0.05, 0) is 42.5 Å². The van der Waals surface area contributed by atoms with Crippen LogP contribution in [0.1, 0.15) is 36.1 Å². The summed E-state index contributed by atoms with van der Waals surface area (Å²) >= 11 is 0. The first-order chi connectivity index (χ1) is 8.65. The molecule has 0 saturated heterocycles. The maximum atomic E-state index is 11.3. The minimum atomic E-state index is -0.0610. The molecule has 0 aliphatic heterocycles. The fourth-order valence-corrected chi connectivity index (χ4v) is 2.57. The van der Waals surface area contributed by atoms with Gasteiger partial charge in [0.15, 0.2) is 0 Å². The molecule has 0 unspecified atom stereocenters. The second-order valence-electron chi connectivity index (χ2n) is 4.95. The average molecular weight is 240 g/mol. The monoisotopic (exact) mass is 240 g/mol. The van der Waals surface area contributed by atoms with Crippen LogP contribution in [-0.2, 0) is 0 Å². The zero-order chi connectivity index (χ0) is 12.7. The van der Waals surface area contributed by atoms with Crippen molar-refractivity contribution >= 4 is 6.08 Å². The number of fused-ring (bicyclic) bond motifs is 1. The highest BCUT2D eigenvalue weighted by atomic mass is 16.1. The van der Waals surface area contributed by atoms with Gasteiger partial charge in [-0.3, -0.25) is 14.6 Å². The molecule has 1 atom stereocenters. The Hall–Kier alpha value is -2.03. The Balaban J connectivity index is 2.14. The van der Waals surface area contributed by atoms with E-state index in [0.29, 0.717) is 5.92 Å². The van der Waals surface area contributed by atoms with E-state index in [9.17, 15) is 4.79 Å². The maximum absolute atomic E-state index is 11.3. The van der Waals surface area contributed by atoms with Crippen LogP contribution >= 0.6 is 0 Å². The summed E-state index contributed by atoms with van der Waals surface area (Å²) in [4.78, 5) is 11.3. The van der Waals surface area contributed by atoms with Crippen molar-refractivity contribution in [3.63, 3.8) is 0 Å². The topological polar surface area (TPSA) is 37.8 Å². The number of hydrogen-bond donors (Lipinski definition) is 1. The number of aromatic amines is 1. The van der Waals surface area contributed by atoms with Crippen LogP contribution in [0.4, 0.5) is 0 Å². The molecule has 0 fully saturated rings. The van der Waals surface area contributed by atoms with E-state index in [1.807, 2.05) is 11.6 Å². The van der Waals surface area contributed by atoms with E-state index in [1.54, 1.807) is 6.07 Å². The third-order valence-electron chi connectivity index (χ3n) is 3.56. The van der Waals surface area contributed by atoms with Crippen LogP contribution < -0.4 is 5.56 Å². The predicted molar refractivity (Wildman–Crippen MR) is 73.2 cm³/mol. The third-order valence-corrected chi connectivity index (χ3v) is 3.56. The number of nitrogens with zero attached hydrogens (tertiary/aromatic N) is 1. The predicted octanol–water partition coefficient (Wildman–Crippen LogP) is 2.99. The lowest BCUT2D eigenvalue weighted by Gasteiger charge is -2.19. The van der Waals surface area contributed by atoms with Gasteiger partial charge in [0.2, 0.25) is 0 Å². The fourth-order valence-electron chi connectivity index (χ4n) is 2.57. The van der Waals surface area contributed by atoms with Crippen molar-refractivity contribution in [1.29, 1.82) is 0 Å². The minimum Gasteiger partial charge on any atom is -0.268 e. The standard InChI is InChI=1S/C15H16N2O/c1-10-4-3-5-12-9-13(6-7-14(10)12)17-11(2)8-15(18)16-17/h3,5-10H,4H2,1-2H3,(H,16,18)/t10-/m0/s1. The summed E-state index contributed by atoms with van der Waals surface area (Å²) < 4.78 is 1.83. The van der Waals surface area contributed by atoms with E-state index in [0.717, 1.165) is 17.8 Å². The van der Waals surface area contributed by atoms with Crippen LogP contribution in [0.15, 0.2) is 35.1 Å². The lowest BCUT2D eigenvalue weighted by molar-refractivity contribution is 0.768. The minimum absolute atomic E-state index is 0.0610. The number of rotatable bonds is 1. The van der Waals surface area contributed by atoms with Crippen LogP contribution in [0.5, 0.6) is 0 Å². The van der Waals surface area contributed by atoms with Gasteiger partial charge in [0.05, 0.1) is 5.69 Å². The highest BCUT2D eigenvalue weighted by Gasteiger charge is 2.13. The summed E-state index contributed by atoms with van der Waals surface area (Å²) in [6.07, 6.45) is 5.48. The molecular formula is C15H16N2O. The van der Waals surface area contributed by atoms with Crippen LogP contribution in [0.25, 0.3) is 11.8 Å². The summed E-state index contributed by atoms with van der Waals surface area (Å²) in [5, 5.41) is 2.82. The van der Waals surface area contributed by atoms with E-state index in [4.69, 9.17) is 0 Å². The lowest BCUT2D eigenvalue weighted by Crippen LogP contribution is -2.06. The third kappa shape index (κ3) is 1.72. The van der Waals surface area contributed by atoms with Gasteiger partial charge in [0.25, 0.3) is 5.56 Å². The summed E-state index contributed by atoms with van der Waals surface area (Å²) in [6, 6.07) is 7.97. The Morgan fingerprint density at radius 3 is 2.89 bits per heavy atom. The van der Waals surface area contributed by atoms with Gasteiger partial charge in [0.1, 0.15) is 0 Å². The Morgan fingerprint density at radius 2 is 2.17 bits per heavy atom. The molecule has 3 rings (SSSR count). The van der Waals surface area contributed by atoms with Crippen molar-refractivity contribution in [3.8, 4) is 5.69 Å². The number of hydrogen-bond acceptors (Lipinski definition) is 1. The molecule has 0 radical (unpaired) electrons. The van der Waals surface area contributed by atoms with Crippen LogP contribution in [0, 0.1) is 6.92 Å². The van der Waals surface area contributed by atoms with Crippen molar-refractivity contribution in [2.45, 2.75) is 26.2 Å². The van der Waals surface area contributed by atoms with Gasteiger partial charge >= 0.3 is 0 Å². The first-order valence-corrected chi connectivity index (χ1v) is 6.24. The fraction of sp³-hybridized carbons (Fsp3) is 0.267. The quantitative estimate of drug-likeness (QED) is 0.817. The number of allylic oxidation sites excluding steroid dienone is 1. The highest BCUT2D eigenvalue weighted by Crippen LogP contribution is 2.30. The molecule has 1 aromatic heterocycles. The van der Waals surface area contributed by atoms with Gasteiger partial charge < -0.3 is 0 Å². The molecule has 2 aromatic rings. The molecular weight excluding hydrogens is 224 g/mol. The van der Waals surface area contributed by atoms with Gasteiger partial charge in [-0.2, -0.15) is 0 Å². The summed E-state index contributed by atoms with van der Waals surface area (Å²) in [7, 11) is 0. The largest absolute Gasteiger partial charge is 0.268 e. The van der Waals surface area contributed by atoms with E-state index >= 15 is 0 Å². The number of benzene rings is 1. The van der Waals surface area contributed by atoms with E-state index in [-0.39, 0.29) is 5.56 Å². The smallest absolute Gasteiger partial charge is 0.264 e. The van der Waals surface area contributed by atoms with Crippen LogP contribution in [0.3, 0.4) is 0 Å². The average Bonchev–Trinajstić information content (AvgIpc) is 2.68. The molecule has 1 aliphatic carbocycles. The van der Waals surface area contributed by atoms with Gasteiger partial charge in [-0.15, -0.1) is 0 Å². The van der Waals surface area contributed by atoms with Crippen molar-refractivity contribution in [3.05, 3.63) is 57.5 Å². The second-order valence-corrected chi connectivity index (χ2v) is 4.95. The Kier molecular flexibility index (Phi) is 2.47. The number of H-pyrrole nitrogens is 1. The van der Waals surface area contributed by atoms with Gasteiger partial charge in [-0.1, -0.05) is 25.1 Å². The molecule has 3 nitrogen and oxygen atoms in total. The summed E-state index contributed by atoms with van der Waals surface area (Å²) in [6.45, 7) is 4.17. The normalized spacial score (nSPS) is 17.8. The molecule has 3 heteroatoms. The summed E-state index contributed by atoms with van der Waals surface area (Å²) in [5.74, 6) is 0.573. The van der Waals surface area contributed by atoms with Crippen LogP contribution in [0.2, 0.25) is 0 Å². The van der Waals surface area contributed by atoms with Gasteiger partial charge in [0, 0.05) is 11.8 Å². The second kappa shape index (κ2) is 4.02. The van der Waals surface area contributed by atoms with Crippen molar-refractivity contribution in [1.82, 2.24) is 9.78 Å². The highest BCUT2D eigenvalue weighted by molar-refractivity contribution is 5.61. The molecule has 0 spiro atoms. The van der Waals surface area contributed by atoms with Crippen molar-refractivity contribution in [2.24, 2.45) is 0 Å². The molecule has 1 aromatic carbocycles. The Bertz CT molecular complexity index is 676. The molecule has 18 heavy (non-hydrogen) atoms. The SMILES string of the molecule is Cc1cc(=O)[nH]n1-c1ccc2c(c1)C=CC[C@@H]2C. The molecule has 0 saturated carbocycles. The number of aromatic nitrogens is 2. The van der Waals surface area contributed by atoms with Crippen molar-refractivity contribution < 1.29 is 0 Å². The molecule has 1 heterocycles. The molecule has 1 aliphatic rings. The zero-order valence-corrected chi connectivity index (χ0v) is 10.6. The van der Waals surface area contributed by atoms with E-state index in [2.05, 4.69) is 42.4 Å². The number of nitrogens with one attached hydrogen (secondary N) is 1. The van der Waals surface area contributed by atoms with E-state index in [1.165, 1.54) is 11.1 Å². The molecule has 92 valence electrons. The number of aryl methyl sites for hydroxylation is 1. The van der Waals surface area contributed by atoms with E-state index < -0.39 is 0 Å². The molecule has 0 amide bonds. The molecule has 0 bridgehead atoms. The first kappa shape index (κ1) is 11.1. The lowest BCUT2D eigenvalue weighted by atomic mass is 9.88. The van der Waals surface area contributed by atoms with Gasteiger partial charge in [-0.25, -0.2) is 0 Å². The Labute approximate surface area is 106 Å². The van der Waals surface area contributed by atoms with Crippen LogP contribution in [-0.4, -0.2) is 9.78 Å². The molecule has 1 N–H and O–H groups in total. The first-order valence-electron chi connectivity index (χ1n) is 6.24.